The molecule has 0 bridgehead atoms. The van der Waals surface area contributed by atoms with Crippen molar-refractivity contribution in [2.45, 2.75) is 20.8 Å². The Kier molecular flexibility index (Phi) is 11.0. The number of esters is 2. The Morgan fingerprint density at radius 2 is 1.71 bits per heavy atom. The molecule has 2 rings (SSSR count). The van der Waals surface area contributed by atoms with Crippen molar-refractivity contribution in [3.05, 3.63) is 45.8 Å². The number of nitrogens with one attached hydrogen (secondary N) is 1. The van der Waals surface area contributed by atoms with Crippen molar-refractivity contribution in [2.75, 3.05) is 59.0 Å². The van der Waals surface area contributed by atoms with Crippen LogP contribution in [0, 0.1) is 13.8 Å². The minimum atomic E-state index is -0.609. The maximum atomic E-state index is 12.7. The third-order valence-electron chi connectivity index (χ3n) is 4.76. The van der Waals surface area contributed by atoms with Crippen LogP contribution in [0.1, 0.15) is 38.1 Å². The number of methoxy groups -OCH3 is 1. The molecule has 0 atom stereocenters. The standard InChI is InChI=1S/C24H32N2O7S/c1-6-31-23(28)20-17(3)21(24(29)33-14-13-30-5)34-22(20)25-19(27)15-26(4)11-12-32-18-9-7-16(2)8-10-18/h7-10H,6,11-15H2,1-5H3,(H,25,27). The maximum absolute atomic E-state index is 12.7. The lowest BCUT2D eigenvalue weighted by atomic mass is 10.1. The predicted molar refractivity (Wildman–Crippen MR) is 130 cm³/mol. The molecular weight excluding hydrogens is 460 g/mol. The summed E-state index contributed by atoms with van der Waals surface area (Å²) in [6.45, 7) is 6.83. The monoisotopic (exact) mass is 492 g/mol. The third-order valence-corrected chi connectivity index (χ3v) is 5.95. The summed E-state index contributed by atoms with van der Waals surface area (Å²) in [7, 11) is 3.30. The molecule has 0 aliphatic heterocycles. The SMILES string of the molecule is CCOC(=O)c1c(NC(=O)CN(C)CCOc2ccc(C)cc2)sc(C(=O)OCCOC)c1C. The average molecular weight is 493 g/mol. The van der Waals surface area contributed by atoms with E-state index < -0.39 is 11.9 Å². The Morgan fingerprint density at radius 3 is 2.35 bits per heavy atom. The van der Waals surface area contributed by atoms with Gasteiger partial charge in [-0.2, -0.15) is 0 Å². The first-order valence-electron chi connectivity index (χ1n) is 10.9. The topological polar surface area (TPSA) is 103 Å². The van der Waals surface area contributed by atoms with Gasteiger partial charge < -0.3 is 24.3 Å². The van der Waals surface area contributed by atoms with Gasteiger partial charge in [-0.3, -0.25) is 9.69 Å². The molecule has 1 N–H and O–H groups in total. The number of hydrogen-bond acceptors (Lipinski definition) is 9. The number of nitrogens with zero attached hydrogens (tertiary/aromatic N) is 1. The van der Waals surface area contributed by atoms with Gasteiger partial charge in [0, 0.05) is 13.7 Å². The van der Waals surface area contributed by atoms with E-state index in [1.54, 1.807) is 25.8 Å². The average Bonchev–Trinajstić information content (AvgIpc) is 3.11. The van der Waals surface area contributed by atoms with Crippen LogP contribution in [0.15, 0.2) is 24.3 Å². The van der Waals surface area contributed by atoms with Crippen LogP contribution >= 0.6 is 11.3 Å². The van der Waals surface area contributed by atoms with E-state index in [2.05, 4.69) is 5.32 Å². The summed E-state index contributed by atoms with van der Waals surface area (Å²) < 4.78 is 20.9. The second-order valence-corrected chi connectivity index (χ2v) is 8.58. The molecule has 34 heavy (non-hydrogen) atoms. The molecule has 0 aliphatic carbocycles. The summed E-state index contributed by atoms with van der Waals surface area (Å²) in [5.41, 5.74) is 1.71. The molecule has 0 unspecified atom stereocenters. The van der Waals surface area contributed by atoms with Gasteiger partial charge in [0.25, 0.3) is 0 Å². The van der Waals surface area contributed by atoms with Crippen molar-refractivity contribution in [2.24, 2.45) is 0 Å². The first kappa shape index (κ1) is 27.3. The number of likely N-dealkylation sites (N-methyl/N-ethyl adjacent to an activating group) is 1. The lowest BCUT2D eigenvalue weighted by Crippen LogP contribution is -2.33. The summed E-state index contributed by atoms with van der Waals surface area (Å²) >= 11 is 0.987. The number of amides is 1. The number of hydrogen-bond donors (Lipinski definition) is 1. The quantitative estimate of drug-likeness (QED) is 0.336. The molecule has 9 nitrogen and oxygen atoms in total. The van der Waals surface area contributed by atoms with E-state index in [0.29, 0.717) is 18.7 Å². The second kappa shape index (κ2) is 13.7. The first-order chi connectivity index (χ1) is 16.3. The van der Waals surface area contributed by atoms with Crippen LogP contribution in [0.25, 0.3) is 0 Å². The summed E-state index contributed by atoms with van der Waals surface area (Å²) in [5.74, 6) is -0.760. The molecule has 10 heteroatoms. The number of thiophene rings is 1. The van der Waals surface area contributed by atoms with Gasteiger partial charge in [0.05, 0.1) is 25.3 Å². The second-order valence-electron chi connectivity index (χ2n) is 7.56. The van der Waals surface area contributed by atoms with E-state index in [4.69, 9.17) is 18.9 Å². The van der Waals surface area contributed by atoms with E-state index >= 15 is 0 Å². The van der Waals surface area contributed by atoms with Crippen LogP contribution in [0.5, 0.6) is 5.75 Å². The number of anilines is 1. The molecule has 0 spiro atoms. The largest absolute Gasteiger partial charge is 0.492 e. The van der Waals surface area contributed by atoms with Crippen LogP contribution in [-0.4, -0.2) is 76.4 Å². The molecule has 0 saturated carbocycles. The highest BCUT2D eigenvalue weighted by molar-refractivity contribution is 7.18. The van der Waals surface area contributed by atoms with Crippen molar-refractivity contribution >= 4 is 34.2 Å². The zero-order valence-corrected chi connectivity index (χ0v) is 21.1. The first-order valence-corrected chi connectivity index (χ1v) is 11.7. The Bertz CT molecular complexity index is 972. The number of aryl methyl sites for hydroxylation is 1. The third kappa shape index (κ3) is 8.12. The Morgan fingerprint density at radius 1 is 1.00 bits per heavy atom. The number of carbonyl (C=O) groups is 3. The van der Waals surface area contributed by atoms with Crippen LogP contribution in [-0.2, 0) is 19.0 Å². The zero-order chi connectivity index (χ0) is 25.1. The molecular formula is C24H32N2O7S. The van der Waals surface area contributed by atoms with Gasteiger partial charge in [-0.05, 0) is 45.5 Å². The Balaban J connectivity index is 2.01. The van der Waals surface area contributed by atoms with Gasteiger partial charge in [0.2, 0.25) is 5.91 Å². The van der Waals surface area contributed by atoms with Crippen LogP contribution in [0.4, 0.5) is 5.00 Å². The predicted octanol–water partition coefficient (Wildman–Crippen LogP) is 3.29. The zero-order valence-electron chi connectivity index (χ0n) is 20.3. The van der Waals surface area contributed by atoms with Gasteiger partial charge in [-0.25, -0.2) is 9.59 Å². The molecule has 2 aromatic rings. The summed E-state index contributed by atoms with van der Waals surface area (Å²) in [5, 5.41) is 3.00. The highest BCUT2D eigenvalue weighted by Crippen LogP contribution is 2.34. The van der Waals surface area contributed by atoms with E-state index in [-0.39, 0.29) is 47.7 Å². The lowest BCUT2D eigenvalue weighted by Gasteiger charge is -2.16. The maximum Gasteiger partial charge on any atom is 0.348 e. The highest BCUT2D eigenvalue weighted by atomic mass is 32.1. The molecule has 186 valence electrons. The number of benzene rings is 1. The summed E-state index contributed by atoms with van der Waals surface area (Å²) in [6, 6.07) is 7.74. The highest BCUT2D eigenvalue weighted by Gasteiger charge is 2.27. The van der Waals surface area contributed by atoms with Gasteiger partial charge in [-0.1, -0.05) is 17.7 Å². The van der Waals surface area contributed by atoms with E-state index in [1.807, 2.05) is 31.2 Å². The molecule has 0 saturated heterocycles. The Hall–Kier alpha value is -2.95. The number of carbonyl (C=O) groups excluding carboxylic acids is 3. The summed E-state index contributed by atoms with van der Waals surface area (Å²) in [4.78, 5) is 39.7. The van der Waals surface area contributed by atoms with E-state index in [1.165, 1.54) is 7.11 Å². The number of rotatable bonds is 13. The van der Waals surface area contributed by atoms with Gasteiger partial charge in [-0.15, -0.1) is 11.3 Å². The van der Waals surface area contributed by atoms with Crippen LogP contribution in [0.3, 0.4) is 0 Å². The van der Waals surface area contributed by atoms with Crippen LogP contribution in [0.2, 0.25) is 0 Å². The van der Waals surface area contributed by atoms with Crippen molar-refractivity contribution in [1.82, 2.24) is 4.90 Å². The van der Waals surface area contributed by atoms with Gasteiger partial charge >= 0.3 is 11.9 Å². The van der Waals surface area contributed by atoms with Gasteiger partial charge in [0.1, 0.15) is 28.8 Å². The van der Waals surface area contributed by atoms with Crippen molar-refractivity contribution in [3.8, 4) is 5.75 Å². The fourth-order valence-corrected chi connectivity index (χ4v) is 4.08. The lowest BCUT2D eigenvalue weighted by molar-refractivity contribution is -0.117. The minimum absolute atomic E-state index is 0.0735. The van der Waals surface area contributed by atoms with Crippen molar-refractivity contribution in [1.29, 1.82) is 0 Å². The fourth-order valence-electron chi connectivity index (χ4n) is 2.97. The van der Waals surface area contributed by atoms with Crippen LogP contribution < -0.4 is 10.1 Å². The van der Waals surface area contributed by atoms with Crippen molar-refractivity contribution < 1.29 is 33.3 Å². The normalized spacial score (nSPS) is 10.8. The minimum Gasteiger partial charge on any atom is -0.492 e. The Labute approximate surface area is 203 Å². The molecule has 1 aromatic heterocycles. The molecule has 1 heterocycles. The molecule has 0 radical (unpaired) electrons. The molecule has 1 amide bonds. The smallest absolute Gasteiger partial charge is 0.348 e. The number of ether oxygens (including phenoxy) is 4. The molecule has 0 fully saturated rings. The van der Waals surface area contributed by atoms with Gasteiger partial charge in [0.15, 0.2) is 0 Å². The molecule has 1 aromatic carbocycles. The van der Waals surface area contributed by atoms with Crippen molar-refractivity contribution in [3.63, 3.8) is 0 Å². The molecule has 0 aliphatic rings. The summed E-state index contributed by atoms with van der Waals surface area (Å²) in [6.07, 6.45) is 0. The fraction of sp³-hybridized carbons (Fsp3) is 0.458. The van der Waals surface area contributed by atoms with E-state index in [0.717, 1.165) is 22.6 Å². The van der Waals surface area contributed by atoms with E-state index in [9.17, 15) is 14.4 Å².